The van der Waals surface area contributed by atoms with Gasteiger partial charge in [0, 0.05) is 23.4 Å². The molecule has 1 aliphatic heterocycles. The Bertz CT molecular complexity index is 753. The number of hydrogen-bond donors (Lipinski definition) is 0. The number of rotatable bonds is 3. The third kappa shape index (κ3) is 3.83. The number of halogens is 1. The number of esters is 1. The quantitative estimate of drug-likeness (QED) is 0.716. The molecule has 1 aromatic carbocycles. The van der Waals surface area contributed by atoms with Gasteiger partial charge in [-0.1, -0.05) is 16.8 Å². The standard InChI is InChI=1S/C20H26ClNO4/c1-12-8-17(24-5)14(9-15(12)21)16-11-20(26-22-16)7-6-13(10-20)18(23)25-19(2,3)4/h8-9,13H,6-7,10-11H2,1-5H3/t13-,20-/m0/s1. The van der Waals surface area contributed by atoms with Gasteiger partial charge >= 0.3 is 5.97 Å². The monoisotopic (exact) mass is 379 g/mol. The lowest BCUT2D eigenvalue weighted by molar-refractivity contribution is -0.160. The fourth-order valence-electron chi connectivity index (χ4n) is 3.64. The van der Waals surface area contributed by atoms with Crippen molar-refractivity contribution in [1.29, 1.82) is 0 Å². The van der Waals surface area contributed by atoms with Crippen molar-refractivity contribution in [2.24, 2.45) is 11.1 Å². The molecule has 142 valence electrons. The van der Waals surface area contributed by atoms with Gasteiger partial charge in [0.2, 0.25) is 0 Å². The van der Waals surface area contributed by atoms with Crippen LogP contribution in [0.15, 0.2) is 17.3 Å². The predicted molar refractivity (Wildman–Crippen MR) is 101 cm³/mol. The first kappa shape index (κ1) is 19.0. The molecule has 3 rings (SSSR count). The first-order valence-corrected chi connectivity index (χ1v) is 9.33. The fourth-order valence-corrected chi connectivity index (χ4v) is 3.80. The molecule has 0 amide bonds. The van der Waals surface area contributed by atoms with Crippen molar-refractivity contribution in [2.75, 3.05) is 7.11 Å². The maximum Gasteiger partial charge on any atom is 0.309 e. The van der Waals surface area contributed by atoms with Crippen molar-refractivity contribution < 1.29 is 19.1 Å². The van der Waals surface area contributed by atoms with Crippen LogP contribution < -0.4 is 4.74 Å². The normalized spacial score (nSPS) is 25.2. The van der Waals surface area contributed by atoms with Crippen molar-refractivity contribution in [3.8, 4) is 5.75 Å². The van der Waals surface area contributed by atoms with Crippen LogP contribution in [0.1, 0.15) is 57.6 Å². The minimum absolute atomic E-state index is 0.146. The molecule has 0 radical (unpaired) electrons. The highest BCUT2D eigenvalue weighted by Gasteiger charge is 2.49. The van der Waals surface area contributed by atoms with Gasteiger partial charge in [-0.25, -0.2) is 0 Å². The first-order chi connectivity index (χ1) is 12.1. The third-order valence-electron chi connectivity index (χ3n) is 4.94. The largest absolute Gasteiger partial charge is 0.496 e. The highest BCUT2D eigenvalue weighted by molar-refractivity contribution is 6.32. The van der Waals surface area contributed by atoms with Crippen LogP contribution in [0.2, 0.25) is 5.02 Å². The molecule has 1 heterocycles. The number of carbonyl (C=O) groups excluding carboxylic acids is 1. The van der Waals surface area contributed by atoms with Gasteiger partial charge in [-0.05, 0) is 58.2 Å². The van der Waals surface area contributed by atoms with Gasteiger partial charge < -0.3 is 14.3 Å². The summed E-state index contributed by atoms with van der Waals surface area (Å²) in [5.41, 5.74) is 1.71. The molecule has 0 N–H and O–H groups in total. The number of carbonyl (C=O) groups is 1. The number of benzene rings is 1. The molecular formula is C20H26ClNO4. The van der Waals surface area contributed by atoms with Crippen molar-refractivity contribution >= 4 is 23.3 Å². The van der Waals surface area contributed by atoms with Crippen LogP contribution in [0.25, 0.3) is 0 Å². The smallest absolute Gasteiger partial charge is 0.309 e. The van der Waals surface area contributed by atoms with E-state index < -0.39 is 11.2 Å². The van der Waals surface area contributed by atoms with E-state index >= 15 is 0 Å². The second-order valence-electron chi connectivity index (χ2n) is 8.26. The Morgan fingerprint density at radius 3 is 2.77 bits per heavy atom. The maximum atomic E-state index is 12.4. The highest BCUT2D eigenvalue weighted by Crippen LogP contribution is 2.45. The molecule has 2 atom stereocenters. The summed E-state index contributed by atoms with van der Waals surface area (Å²) >= 11 is 6.29. The molecule has 1 aliphatic carbocycles. The molecule has 6 heteroatoms. The number of hydrogen-bond acceptors (Lipinski definition) is 5. The molecule has 0 unspecified atom stereocenters. The minimum atomic E-state index is -0.475. The van der Waals surface area contributed by atoms with Gasteiger partial charge in [0.05, 0.1) is 18.7 Å². The second-order valence-corrected chi connectivity index (χ2v) is 8.67. The van der Waals surface area contributed by atoms with Crippen LogP contribution in [0, 0.1) is 12.8 Å². The Balaban J connectivity index is 1.73. The molecule has 1 fully saturated rings. The van der Waals surface area contributed by atoms with E-state index in [-0.39, 0.29) is 11.9 Å². The topological polar surface area (TPSA) is 57.1 Å². The first-order valence-electron chi connectivity index (χ1n) is 8.95. The molecule has 2 aliphatic rings. The summed E-state index contributed by atoms with van der Waals surface area (Å²) in [4.78, 5) is 18.2. The number of nitrogens with zero attached hydrogens (tertiary/aromatic N) is 1. The summed E-state index contributed by atoms with van der Waals surface area (Å²) in [7, 11) is 1.63. The third-order valence-corrected chi connectivity index (χ3v) is 5.34. The molecule has 1 aromatic rings. The number of oxime groups is 1. The molecule has 0 bridgehead atoms. The van der Waals surface area contributed by atoms with Crippen LogP contribution in [0.3, 0.4) is 0 Å². The molecule has 1 spiro atoms. The molecule has 0 saturated heterocycles. The predicted octanol–water partition coefficient (Wildman–Crippen LogP) is 4.66. The van der Waals surface area contributed by atoms with Gasteiger partial charge in [0.1, 0.15) is 17.0 Å². The maximum absolute atomic E-state index is 12.4. The van der Waals surface area contributed by atoms with Crippen molar-refractivity contribution in [3.63, 3.8) is 0 Å². The summed E-state index contributed by atoms with van der Waals surface area (Å²) in [5, 5.41) is 4.98. The summed E-state index contributed by atoms with van der Waals surface area (Å²) in [6.45, 7) is 7.59. The van der Waals surface area contributed by atoms with E-state index in [0.717, 1.165) is 35.4 Å². The average Bonchev–Trinajstić information content (AvgIpc) is 3.16. The summed E-state index contributed by atoms with van der Waals surface area (Å²) in [5.74, 6) is 0.433. The minimum Gasteiger partial charge on any atom is -0.496 e. The number of ether oxygens (including phenoxy) is 2. The molecule has 26 heavy (non-hydrogen) atoms. The van der Waals surface area contributed by atoms with E-state index in [4.69, 9.17) is 25.9 Å². The zero-order chi connectivity index (χ0) is 19.1. The SMILES string of the molecule is COc1cc(C)c(Cl)cc1C1=NO[C@]2(CC[C@H](C(=O)OC(C)(C)C)C2)C1. The summed E-state index contributed by atoms with van der Waals surface area (Å²) in [6, 6.07) is 3.78. The van der Waals surface area contributed by atoms with Gasteiger partial charge in [0.15, 0.2) is 0 Å². The molecular weight excluding hydrogens is 354 g/mol. The van der Waals surface area contributed by atoms with Crippen LogP contribution in [0.5, 0.6) is 5.75 Å². The van der Waals surface area contributed by atoms with Crippen molar-refractivity contribution in [3.05, 3.63) is 28.3 Å². The van der Waals surface area contributed by atoms with Crippen LogP contribution >= 0.6 is 11.6 Å². The van der Waals surface area contributed by atoms with Crippen LogP contribution in [-0.2, 0) is 14.4 Å². The average molecular weight is 380 g/mol. The Morgan fingerprint density at radius 1 is 1.38 bits per heavy atom. The van der Waals surface area contributed by atoms with E-state index in [1.165, 1.54) is 0 Å². The van der Waals surface area contributed by atoms with Crippen molar-refractivity contribution in [2.45, 2.75) is 64.6 Å². The Morgan fingerprint density at radius 2 is 2.12 bits per heavy atom. The Kier molecular flexibility index (Phi) is 4.95. The van der Waals surface area contributed by atoms with Crippen molar-refractivity contribution in [1.82, 2.24) is 0 Å². The lowest BCUT2D eigenvalue weighted by Gasteiger charge is -2.23. The Labute approximate surface area is 159 Å². The molecule has 5 nitrogen and oxygen atoms in total. The van der Waals surface area contributed by atoms with Gasteiger partial charge in [-0.15, -0.1) is 0 Å². The zero-order valence-electron chi connectivity index (χ0n) is 16.0. The zero-order valence-corrected chi connectivity index (χ0v) is 16.8. The van der Waals surface area contributed by atoms with E-state index in [1.807, 2.05) is 39.8 Å². The van der Waals surface area contributed by atoms with E-state index in [2.05, 4.69) is 5.16 Å². The van der Waals surface area contributed by atoms with E-state index in [1.54, 1.807) is 7.11 Å². The van der Waals surface area contributed by atoms with Crippen LogP contribution in [-0.4, -0.2) is 30.0 Å². The summed E-state index contributed by atoms with van der Waals surface area (Å²) < 4.78 is 11.0. The van der Waals surface area contributed by atoms with E-state index in [0.29, 0.717) is 17.9 Å². The van der Waals surface area contributed by atoms with E-state index in [9.17, 15) is 4.79 Å². The second kappa shape index (κ2) is 6.76. The molecule has 1 saturated carbocycles. The lowest BCUT2D eigenvalue weighted by atomic mass is 9.91. The van der Waals surface area contributed by atoms with Gasteiger partial charge in [-0.3, -0.25) is 4.79 Å². The highest BCUT2D eigenvalue weighted by atomic mass is 35.5. The lowest BCUT2D eigenvalue weighted by Crippen LogP contribution is -2.30. The Hall–Kier alpha value is -1.75. The number of methoxy groups -OCH3 is 1. The fraction of sp³-hybridized carbons (Fsp3) is 0.600. The summed E-state index contributed by atoms with van der Waals surface area (Å²) in [6.07, 6.45) is 2.80. The van der Waals surface area contributed by atoms with Gasteiger partial charge in [0.25, 0.3) is 0 Å². The molecule has 0 aromatic heterocycles. The van der Waals surface area contributed by atoms with Crippen LogP contribution in [0.4, 0.5) is 0 Å². The van der Waals surface area contributed by atoms with Gasteiger partial charge in [-0.2, -0.15) is 0 Å². The number of aryl methyl sites for hydroxylation is 1.